The normalized spacial score (nSPS) is 13.0. The second-order valence-corrected chi connectivity index (χ2v) is 7.20. The molecule has 10 nitrogen and oxygen atoms in total. The molecule has 1 saturated carbocycles. The first kappa shape index (κ1) is 20.2. The summed E-state index contributed by atoms with van der Waals surface area (Å²) in [6.45, 7) is 0.264. The maximum atomic E-state index is 12.6. The Bertz CT molecular complexity index is 969. The maximum absolute atomic E-state index is 12.6. The number of amides is 3. The number of nitrogens with one attached hydrogen (secondary N) is 4. The molecule has 0 aliphatic heterocycles. The van der Waals surface area contributed by atoms with Crippen molar-refractivity contribution in [2.24, 2.45) is 25.7 Å². The van der Waals surface area contributed by atoms with Crippen LogP contribution in [0.3, 0.4) is 0 Å². The summed E-state index contributed by atoms with van der Waals surface area (Å²) >= 11 is 0. The summed E-state index contributed by atoms with van der Waals surface area (Å²) in [6, 6.07) is 3.19. The summed E-state index contributed by atoms with van der Waals surface area (Å²) in [6.07, 6.45) is 5.41. The van der Waals surface area contributed by atoms with Crippen LogP contribution in [0, 0.1) is 11.3 Å². The number of hydrogen-bond donors (Lipinski definition) is 5. The number of hydrogen-bond acceptors (Lipinski definition) is 4. The van der Waals surface area contributed by atoms with Crippen molar-refractivity contribution in [3.8, 4) is 0 Å². The van der Waals surface area contributed by atoms with Gasteiger partial charge in [0, 0.05) is 45.4 Å². The van der Waals surface area contributed by atoms with Crippen LogP contribution in [0.25, 0.3) is 0 Å². The Kier molecular flexibility index (Phi) is 5.71. The Balaban J connectivity index is 1.63. The number of aromatic nitrogens is 2. The minimum Gasteiger partial charge on any atom is -0.388 e. The minimum atomic E-state index is -0.353. The molecule has 0 radical (unpaired) electrons. The SMILES string of the molecule is Cn1cc(NC(=O)c2cc(NC(=O)C3CC3)cn2C)cc1C(=O)NCCC(=N)N. The fraction of sp³-hybridized carbons (Fsp3) is 0.368. The molecule has 154 valence electrons. The Hall–Kier alpha value is -3.56. The molecule has 3 amide bonds. The second kappa shape index (κ2) is 8.21. The molecule has 0 saturated heterocycles. The van der Waals surface area contributed by atoms with Crippen LogP contribution in [0.2, 0.25) is 0 Å². The predicted octanol–water partition coefficient (Wildman–Crippen LogP) is 1.02. The Morgan fingerprint density at radius 2 is 1.59 bits per heavy atom. The summed E-state index contributed by atoms with van der Waals surface area (Å²) in [5.41, 5.74) is 7.07. The molecule has 10 heteroatoms. The van der Waals surface area contributed by atoms with Gasteiger partial charge in [-0.3, -0.25) is 19.8 Å². The molecule has 0 atom stereocenters. The van der Waals surface area contributed by atoms with Gasteiger partial charge in [-0.1, -0.05) is 0 Å². The van der Waals surface area contributed by atoms with Crippen molar-refractivity contribution in [2.75, 3.05) is 17.2 Å². The number of amidine groups is 1. The largest absolute Gasteiger partial charge is 0.388 e. The van der Waals surface area contributed by atoms with Gasteiger partial charge in [0.25, 0.3) is 11.8 Å². The fourth-order valence-electron chi connectivity index (χ4n) is 2.90. The molecule has 0 spiro atoms. The molecule has 1 aliphatic rings. The van der Waals surface area contributed by atoms with Crippen molar-refractivity contribution >= 4 is 34.9 Å². The Morgan fingerprint density at radius 3 is 2.14 bits per heavy atom. The Labute approximate surface area is 167 Å². The smallest absolute Gasteiger partial charge is 0.272 e. The van der Waals surface area contributed by atoms with Crippen LogP contribution in [0.15, 0.2) is 24.5 Å². The predicted molar refractivity (Wildman–Crippen MR) is 109 cm³/mol. The van der Waals surface area contributed by atoms with E-state index in [2.05, 4.69) is 16.0 Å². The van der Waals surface area contributed by atoms with Crippen molar-refractivity contribution in [1.29, 1.82) is 5.41 Å². The number of anilines is 2. The molecule has 1 fully saturated rings. The summed E-state index contributed by atoms with van der Waals surface area (Å²) in [7, 11) is 3.42. The van der Waals surface area contributed by atoms with Crippen LogP contribution in [-0.4, -0.2) is 39.2 Å². The molecule has 2 aromatic rings. The van der Waals surface area contributed by atoms with Crippen LogP contribution < -0.4 is 21.7 Å². The van der Waals surface area contributed by atoms with Crippen molar-refractivity contribution in [3.05, 3.63) is 35.9 Å². The van der Waals surface area contributed by atoms with E-state index in [1.165, 1.54) is 0 Å². The van der Waals surface area contributed by atoms with Crippen LogP contribution in [0.5, 0.6) is 0 Å². The standard InChI is InChI=1S/C19H25N7O3/c1-25-10-13(7-14(25)18(28)22-6-5-16(20)21)24-19(29)15-8-12(9-26(15)2)23-17(27)11-3-4-11/h7-11H,3-6H2,1-2H3,(H3,20,21)(H,22,28)(H,23,27)(H,24,29). The van der Waals surface area contributed by atoms with Gasteiger partial charge in [0.15, 0.2) is 0 Å². The van der Waals surface area contributed by atoms with Crippen molar-refractivity contribution in [1.82, 2.24) is 14.5 Å². The molecule has 2 aromatic heterocycles. The highest BCUT2D eigenvalue weighted by molar-refractivity contribution is 6.05. The zero-order valence-corrected chi connectivity index (χ0v) is 16.4. The van der Waals surface area contributed by atoms with E-state index in [-0.39, 0.29) is 42.4 Å². The molecule has 1 aliphatic carbocycles. The monoisotopic (exact) mass is 399 g/mol. The van der Waals surface area contributed by atoms with Crippen molar-refractivity contribution in [3.63, 3.8) is 0 Å². The van der Waals surface area contributed by atoms with Crippen LogP contribution in [0.1, 0.15) is 40.2 Å². The lowest BCUT2D eigenvalue weighted by atomic mass is 10.3. The third-order valence-electron chi connectivity index (χ3n) is 4.63. The number of aryl methyl sites for hydroxylation is 2. The van der Waals surface area contributed by atoms with E-state index in [1.807, 2.05) is 0 Å². The number of rotatable bonds is 8. The van der Waals surface area contributed by atoms with E-state index in [0.29, 0.717) is 22.8 Å². The van der Waals surface area contributed by atoms with Crippen molar-refractivity contribution < 1.29 is 14.4 Å². The van der Waals surface area contributed by atoms with Crippen molar-refractivity contribution in [2.45, 2.75) is 19.3 Å². The lowest BCUT2D eigenvalue weighted by Crippen LogP contribution is -2.28. The van der Waals surface area contributed by atoms with Gasteiger partial charge in [-0.15, -0.1) is 0 Å². The molecule has 0 bridgehead atoms. The van der Waals surface area contributed by atoms with Gasteiger partial charge < -0.3 is 30.8 Å². The highest BCUT2D eigenvalue weighted by Crippen LogP contribution is 2.30. The molecule has 6 N–H and O–H groups in total. The quantitative estimate of drug-likeness (QED) is 0.333. The van der Waals surface area contributed by atoms with Gasteiger partial charge in [0.2, 0.25) is 5.91 Å². The van der Waals surface area contributed by atoms with Crippen LogP contribution in [0.4, 0.5) is 11.4 Å². The summed E-state index contributed by atoms with van der Waals surface area (Å²) in [4.78, 5) is 36.8. The lowest BCUT2D eigenvalue weighted by molar-refractivity contribution is -0.117. The minimum absolute atomic E-state index is 0.000362. The van der Waals surface area contributed by atoms with E-state index in [9.17, 15) is 14.4 Å². The summed E-state index contributed by atoms with van der Waals surface area (Å²) < 4.78 is 3.24. The van der Waals surface area contributed by atoms with Crippen LogP contribution in [-0.2, 0) is 18.9 Å². The summed E-state index contributed by atoms with van der Waals surface area (Å²) in [5, 5.41) is 15.4. The molecule has 3 rings (SSSR count). The number of carbonyl (C=O) groups is 3. The highest BCUT2D eigenvalue weighted by Gasteiger charge is 2.30. The van der Waals surface area contributed by atoms with Gasteiger partial charge >= 0.3 is 0 Å². The van der Waals surface area contributed by atoms with Gasteiger partial charge in [-0.25, -0.2) is 0 Å². The van der Waals surface area contributed by atoms with Gasteiger partial charge in [-0.05, 0) is 25.0 Å². The third-order valence-corrected chi connectivity index (χ3v) is 4.63. The molecule has 2 heterocycles. The number of carbonyl (C=O) groups excluding carboxylic acids is 3. The van der Waals surface area contributed by atoms with Crippen LogP contribution >= 0.6 is 0 Å². The summed E-state index contributed by atoms with van der Waals surface area (Å²) in [5.74, 6) is -0.616. The van der Waals surface area contributed by atoms with Gasteiger partial charge in [-0.2, -0.15) is 0 Å². The van der Waals surface area contributed by atoms with E-state index in [1.54, 1.807) is 47.8 Å². The molecular formula is C19H25N7O3. The van der Waals surface area contributed by atoms with E-state index >= 15 is 0 Å². The molecule has 29 heavy (non-hydrogen) atoms. The fourth-order valence-corrected chi connectivity index (χ4v) is 2.90. The first-order valence-electron chi connectivity index (χ1n) is 9.30. The Morgan fingerprint density at radius 1 is 1.03 bits per heavy atom. The first-order chi connectivity index (χ1) is 13.7. The molecule has 0 unspecified atom stereocenters. The molecular weight excluding hydrogens is 374 g/mol. The number of nitrogens with zero attached hydrogens (tertiary/aromatic N) is 2. The van der Waals surface area contributed by atoms with E-state index in [4.69, 9.17) is 11.1 Å². The number of nitrogens with two attached hydrogens (primary N) is 1. The van der Waals surface area contributed by atoms with Gasteiger partial charge in [0.1, 0.15) is 11.4 Å². The maximum Gasteiger partial charge on any atom is 0.272 e. The van der Waals surface area contributed by atoms with Gasteiger partial charge in [0.05, 0.1) is 17.2 Å². The third kappa shape index (κ3) is 5.03. The second-order valence-electron chi connectivity index (χ2n) is 7.20. The lowest BCUT2D eigenvalue weighted by Gasteiger charge is -2.04. The zero-order chi connectivity index (χ0) is 21.1. The topological polar surface area (TPSA) is 147 Å². The zero-order valence-electron chi connectivity index (χ0n) is 16.4. The van der Waals surface area contributed by atoms with E-state index in [0.717, 1.165) is 12.8 Å². The molecule has 0 aromatic carbocycles. The average Bonchev–Trinajstić information content (AvgIpc) is 3.34. The average molecular weight is 399 g/mol. The van der Waals surface area contributed by atoms with E-state index < -0.39 is 0 Å². The highest BCUT2D eigenvalue weighted by atomic mass is 16.2. The first-order valence-corrected chi connectivity index (χ1v) is 9.30.